The molecule has 3 N–H and O–H groups in total. The van der Waals surface area contributed by atoms with E-state index >= 15 is 0 Å². The van der Waals surface area contributed by atoms with E-state index in [0.29, 0.717) is 40.7 Å². The zero-order valence-corrected chi connectivity index (χ0v) is 15.0. The summed E-state index contributed by atoms with van der Waals surface area (Å²) in [7, 11) is 0. The monoisotopic (exact) mass is 389 g/mol. The first-order valence-electron chi connectivity index (χ1n) is 7.13. The lowest BCUT2D eigenvalue weighted by Crippen LogP contribution is -2.24. The molecule has 0 aromatic heterocycles. The fourth-order valence-corrected chi connectivity index (χ4v) is 2.38. The Labute approximate surface area is 156 Å². The average Bonchev–Trinajstić information content (AvgIpc) is 2.54. The van der Waals surface area contributed by atoms with Crippen LogP contribution in [0.3, 0.4) is 0 Å². The van der Waals surface area contributed by atoms with Crippen molar-refractivity contribution in [3.05, 3.63) is 63.6 Å². The van der Waals surface area contributed by atoms with Crippen LogP contribution in [0.25, 0.3) is 0 Å². The number of Topliss-reactive ketones (excluding diaryl/α,β-unsaturated/α-hetero) is 1. The van der Waals surface area contributed by atoms with Gasteiger partial charge >= 0.3 is 0 Å². The van der Waals surface area contributed by atoms with E-state index in [0.717, 1.165) is 0 Å². The number of aliphatic hydroxyl groups is 1. The van der Waals surface area contributed by atoms with E-state index in [-0.39, 0.29) is 23.9 Å². The molecule has 2 rings (SSSR count). The van der Waals surface area contributed by atoms with Crippen LogP contribution < -0.4 is 5.32 Å². The molecule has 2 aromatic rings. The minimum Gasteiger partial charge on any atom is -0.508 e. The van der Waals surface area contributed by atoms with Gasteiger partial charge in [-0.1, -0.05) is 29.3 Å². The van der Waals surface area contributed by atoms with Crippen molar-refractivity contribution in [3.63, 3.8) is 0 Å². The molecule has 2 aromatic carbocycles. The molecule has 4 nitrogen and oxygen atoms in total. The molecular formula is C17H18Cl3NO3. The summed E-state index contributed by atoms with van der Waals surface area (Å²) in [4.78, 5) is 11.9. The SMILES string of the molecule is Cl.O=C(CCNCC(O)c1ccc(Cl)c(Cl)c1)c1ccc(O)cc1. The first kappa shape index (κ1) is 20.7. The second-order valence-corrected chi connectivity index (χ2v) is 5.93. The number of hydrogen-bond donors (Lipinski definition) is 3. The number of carbonyl (C=O) groups excluding carboxylic acids is 1. The predicted molar refractivity (Wildman–Crippen MR) is 98.6 cm³/mol. The van der Waals surface area contributed by atoms with Crippen molar-refractivity contribution >= 4 is 41.4 Å². The fraction of sp³-hybridized carbons (Fsp3) is 0.235. The van der Waals surface area contributed by atoms with Crippen molar-refractivity contribution in [3.8, 4) is 5.75 Å². The van der Waals surface area contributed by atoms with Gasteiger partial charge in [-0.3, -0.25) is 4.79 Å². The van der Waals surface area contributed by atoms with Gasteiger partial charge in [0.15, 0.2) is 5.78 Å². The van der Waals surface area contributed by atoms with Crippen LogP contribution in [-0.4, -0.2) is 29.1 Å². The number of aliphatic hydroxyl groups excluding tert-OH is 1. The standard InChI is InChI=1S/C17H17Cl2NO3.ClH/c18-14-6-3-12(9-15(14)19)17(23)10-20-8-7-16(22)11-1-4-13(21)5-2-11;/h1-6,9,17,20-21,23H,7-8,10H2;1H. The summed E-state index contributed by atoms with van der Waals surface area (Å²) in [6.07, 6.45) is -0.424. The van der Waals surface area contributed by atoms with Gasteiger partial charge in [-0.05, 0) is 42.0 Å². The molecule has 0 heterocycles. The van der Waals surface area contributed by atoms with Crippen LogP contribution in [0.2, 0.25) is 10.0 Å². The summed E-state index contributed by atoms with van der Waals surface area (Å²) in [6.45, 7) is 0.749. The van der Waals surface area contributed by atoms with Crippen LogP contribution in [0.4, 0.5) is 0 Å². The average molecular weight is 391 g/mol. The largest absolute Gasteiger partial charge is 0.508 e. The Hall–Kier alpha value is -1.30. The van der Waals surface area contributed by atoms with Crippen molar-refractivity contribution in [2.45, 2.75) is 12.5 Å². The molecule has 0 aliphatic carbocycles. The van der Waals surface area contributed by atoms with Crippen molar-refractivity contribution < 1.29 is 15.0 Å². The normalized spacial score (nSPS) is 11.6. The quantitative estimate of drug-likeness (QED) is 0.493. The molecule has 0 aliphatic rings. The highest BCUT2D eigenvalue weighted by molar-refractivity contribution is 6.42. The molecular weight excluding hydrogens is 373 g/mol. The molecule has 0 bridgehead atoms. The van der Waals surface area contributed by atoms with Crippen LogP contribution in [-0.2, 0) is 0 Å². The highest BCUT2D eigenvalue weighted by atomic mass is 35.5. The Morgan fingerprint density at radius 2 is 1.75 bits per heavy atom. The Balaban J connectivity index is 0.00000288. The van der Waals surface area contributed by atoms with Crippen LogP contribution in [0, 0.1) is 0 Å². The van der Waals surface area contributed by atoms with Crippen LogP contribution in [0.15, 0.2) is 42.5 Å². The minimum absolute atomic E-state index is 0. The summed E-state index contributed by atoms with van der Waals surface area (Å²) in [6, 6.07) is 11.1. The number of phenolic OH excluding ortho intramolecular Hbond substituents is 1. The van der Waals surface area contributed by atoms with E-state index in [4.69, 9.17) is 23.2 Å². The minimum atomic E-state index is -0.728. The number of nitrogens with one attached hydrogen (secondary N) is 1. The Kier molecular flexibility index (Phi) is 8.53. The molecule has 0 fully saturated rings. The topological polar surface area (TPSA) is 69.6 Å². The van der Waals surface area contributed by atoms with Crippen molar-refractivity contribution in [1.29, 1.82) is 0 Å². The first-order chi connectivity index (χ1) is 11.0. The third kappa shape index (κ3) is 5.96. The van der Waals surface area contributed by atoms with Gasteiger partial charge < -0.3 is 15.5 Å². The van der Waals surface area contributed by atoms with Crippen LogP contribution in [0.5, 0.6) is 5.75 Å². The molecule has 7 heteroatoms. The van der Waals surface area contributed by atoms with Gasteiger partial charge in [-0.25, -0.2) is 0 Å². The maximum absolute atomic E-state index is 11.9. The second-order valence-electron chi connectivity index (χ2n) is 5.11. The lowest BCUT2D eigenvalue weighted by molar-refractivity contribution is 0.0979. The van der Waals surface area contributed by atoms with Crippen LogP contribution >= 0.6 is 35.6 Å². The summed E-state index contributed by atoms with van der Waals surface area (Å²) in [5.74, 6) is 0.103. The summed E-state index contributed by atoms with van der Waals surface area (Å²) in [5, 5.41) is 23.1. The Bertz CT molecular complexity index is 677. The Morgan fingerprint density at radius 1 is 1.08 bits per heavy atom. The summed E-state index contributed by atoms with van der Waals surface area (Å²) in [5.41, 5.74) is 1.21. The molecule has 0 aliphatic heterocycles. The number of halogens is 3. The van der Waals surface area contributed by atoms with E-state index < -0.39 is 6.10 Å². The van der Waals surface area contributed by atoms with Gasteiger partial charge in [0.05, 0.1) is 16.1 Å². The van der Waals surface area contributed by atoms with E-state index in [1.54, 1.807) is 30.3 Å². The smallest absolute Gasteiger partial charge is 0.164 e. The predicted octanol–water partition coefficient (Wildman–Crippen LogP) is 4.02. The zero-order valence-electron chi connectivity index (χ0n) is 12.7. The van der Waals surface area contributed by atoms with Gasteiger partial charge in [0.2, 0.25) is 0 Å². The molecule has 0 saturated carbocycles. The number of hydrogen-bond acceptors (Lipinski definition) is 4. The second kappa shape index (κ2) is 9.87. The van der Waals surface area contributed by atoms with Crippen molar-refractivity contribution in [2.24, 2.45) is 0 Å². The summed E-state index contributed by atoms with van der Waals surface area (Å²) >= 11 is 11.7. The molecule has 0 amide bonds. The first-order valence-corrected chi connectivity index (χ1v) is 7.89. The lowest BCUT2D eigenvalue weighted by Gasteiger charge is -2.13. The van der Waals surface area contributed by atoms with Crippen molar-refractivity contribution in [1.82, 2.24) is 5.32 Å². The highest BCUT2D eigenvalue weighted by Gasteiger charge is 2.10. The molecule has 1 unspecified atom stereocenters. The summed E-state index contributed by atoms with van der Waals surface area (Å²) < 4.78 is 0. The maximum atomic E-state index is 11.9. The molecule has 24 heavy (non-hydrogen) atoms. The number of benzene rings is 2. The van der Waals surface area contributed by atoms with E-state index in [1.165, 1.54) is 12.1 Å². The molecule has 0 spiro atoms. The molecule has 1 atom stereocenters. The number of aromatic hydroxyl groups is 1. The third-order valence-corrected chi connectivity index (χ3v) is 4.12. The number of ketones is 1. The van der Waals surface area contributed by atoms with Gasteiger partial charge in [0.1, 0.15) is 5.75 Å². The van der Waals surface area contributed by atoms with Crippen LogP contribution in [0.1, 0.15) is 28.4 Å². The third-order valence-electron chi connectivity index (χ3n) is 3.38. The highest BCUT2D eigenvalue weighted by Crippen LogP contribution is 2.25. The Morgan fingerprint density at radius 3 is 2.38 bits per heavy atom. The van der Waals surface area contributed by atoms with Crippen molar-refractivity contribution in [2.75, 3.05) is 13.1 Å². The van der Waals surface area contributed by atoms with Gasteiger partial charge in [-0.2, -0.15) is 0 Å². The van der Waals surface area contributed by atoms with E-state index in [2.05, 4.69) is 5.32 Å². The van der Waals surface area contributed by atoms with Gasteiger partial charge in [0, 0.05) is 25.1 Å². The number of rotatable bonds is 7. The number of phenols is 1. The zero-order chi connectivity index (χ0) is 16.8. The fourth-order valence-electron chi connectivity index (χ4n) is 2.07. The van der Waals surface area contributed by atoms with E-state index in [9.17, 15) is 15.0 Å². The molecule has 130 valence electrons. The van der Waals surface area contributed by atoms with Gasteiger partial charge in [0.25, 0.3) is 0 Å². The molecule has 0 radical (unpaired) electrons. The lowest BCUT2D eigenvalue weighted by atomic mass is 10.1. The maximum Gasteiger partial charge on any atom is 0.164 e. The molecule has 0 saturated heterocycles. The number of carbonyl (C=O) groups is 1. The van der Waals surface area contributed by atoms with E-state index in [1.807, 2.05) is 0 Å². The van der Waals surface area contributed by atoms with Gasteiger partial charge in [-0.15, -0.1) is 12.4 Å².